The van der Waals surface area contributed by atoms with Gasteiger partial charge in [-0.2, -0.15) is 4.98 Å². The molecule has 40 heavy (non-hydrogen) atoms. The highest BCUT2D eigenvalue weighted by Crippen LogP contribution is 2.40. The van der Waals surface area contributed by atoms with E-state index in [0.29, 0.717) is 51.5 Å². The van der Waals surface area contributed by atoms with Crippen LogP contribution in [0.15, 0.2) is 23.3 Å². The van der Waals surface area contributed by atoms with E-state index in [-0.39, 0.29) is 23.9 Å². The largest absolute Gasteiger partial charge is 0.493 e. The zero-order valence-corrected chi connectivity index (χ0v) is 23.8. The highest BCUT2D eigenvalue weighted by atomic mass is 32.1. The summed E-state index contributed by atoms with van der Waals surface area (Å²) in [6, 6.07) is 3.23. The summed E-state index contributed by atoms with van der Waals surface area (Å²) >= 11 is 1.27. The van der Waals surface area contributed by atoms with Crippen LogP contribution < -0.4 is 30.0 Å². The van der Waals surface area contributed by atoms with E-state index in [1.807, 2.05) is 4.90 Å². The summed E-state index contributed by atoms with van der Waals surface area (Å²) in [4.78, 5) is 52.0. The third kappa shape index (κ3) is 5.69. The van der Waals surface area contributed by atoms with Gasteiger partial charge in [-0.1, -0.05) is 11.3 Å². The molecular formula is C27H34N6O6S. The molecule has 0 aliphatic carbocycles. The summed E-state index contributed by atoms with van der Waals surface area (Å²) in [6.45, 7) is 2.92. The Labute approximate surface area is 235 Å². The Morgan fingerprint density at radius 2 is 1.68 bits per heavy atom. The van der Waals surface area contributed by atoms with E-state index in [9.17, 15) is 14.4 Å². The first-order valence-electron chi connectivity index (χ1n) is 13.4. The first-order valence-corrected chi connectivity index (χ1v) is 14.2. The quantitative estimate of drug-likeness (QED) is 0.435. The zero-order chi connectivity index (χ0) is 28.2. The monoisotopic (exact) mass is 570 g/mol. The van der Waals surface area contributed by atoms with Gasteiger partial charge in [-0.05, 0) is 32.1 Å². The van der Waals surface area contributed by atoms with Crippen molar-refractivity contribution < 1.29 is 23.8 Å². The lowest BCUT2D eigenvalue weighted by molar-refractivity contribution is -0.137. The SMILES string of the molecule is COc1cc(NC(=O)Cn2cnc3nc(N4CCC(C(=O)N5CCCCC5)CC4)sc3c2=O)cc(OC)c1OC. The Hall–Kier alpha value is -3.87. The minimum Gasteiger partial charge on any atom is -0.493 e. The van der Waals surface area contributed by atoms with Crippen LogP contribution >= 0.6 is 11.3 Å². The first kappa shape index (κ1) is 27.7. The number of benzene rings is 1. The van der Waals surface area contributed by atoms with Crippen molar-refractivity contribution in [1.82, 2.24) is 19.4 Å². The second kappa shape index (κ2) is 12.1. The van der Waals surface area contributed by atoms with Gasteiger partial charge in [-0.3, -0.25) is 19.0 Å². The van der Waals surface area contributed by atoms with Gasteiger partial charge in [0.2, 0.25) is 17.6 Å². The average molecular weight is 571 g/mol. The van der Waals surface area contributed by atoms with Crippen LogP contribution in [0, 0.1) is 5.92 Å². The molecule has 0 bridgehead atoms. The van der Waals surface area contributed by atoms with Crippen molar-refractivity contribution in [2.45, 2.75) is 38.6 Å². The van der Waals surface area contributed by atoms with Crippen molar-refractivity contribution in [2.75, 3.05) is 57.7 Å². The maximum Gasteiger partial charge on any atom is 0.273 e. The van der Waals surface area contributed by atoms with E-state index in [1.165, 1.54) is 50.0 Å². The molecule has 2 amide bonds. The van der Waals surface area contributed by atoms with Crippen LogP contribution in [0.2, 0.25) is 0 Å². The molecule has 2 aromatic heterocycles. The molecule has 1 aromatic carbocycles. The lowest BCUT2D eigenvalue weighted by Crippen LogP contribution is -2.44. The van der Waals surface area contributed by atoms with Crippen LogP contribution in [0.3, 0.4) is 0 Å². The molecule has 5 rings (SSSR count). The number of methoxy groups -OCH3 is 3. The van der Waals surface area contributed by atoms with Gasteiger partial charge in [0.05, 0.1) is 21.3 Å². The number of piperidine rings is 2. The summed E-state index contributed by atoms with van der Waals surface area (Å²) in [5.41, 5.74) is 0.464. The molecule has 2 fully saturated rings. The van der Waals surface area contributed by atoms with Gasteiger partial charge in [0, 0.05) is 49.9 Å². The third-order valence-corrected chi connectivity index (χ3v) is 8.51. The highest BCUT2D eigenvalue weighted by Gasteiger charge is 2.30. The number of hydrogen-bond acceptors (Lipinski definition) is 10. The van der Waals surface area contributed by atoms with E-state index >= 15 is 0 Å². The van der Waals surface area contributed by atoms with Gasteiger partial charge in [0.1, 0.15) is 17.6 Å². The number of nitrogens with zero attached hydrogens (tertiary/aromatic N) is 5. The Morgan fingerprint density at radius 1 is 1.00 bits per heavy atom. The Morgan fingerprint density at radius 3 is 2.30 bits per heavy atom. The standard InChI is InChI=1S/C27H34N6O6S/c1-37-19-13-18(14-20(38-2)22(19)39-3)29-21(34)15-33-16-28-24-23(26(33)36)40-27(30-24)32-11-7-17(8-12-32)25(35)31-9-5-4-6-10-31/h13-14,16-17H,4-12,15H2,1-3H3,(H,29,34). The molecule has 0 atom stereocenters. The average Bonchev–Trinajstić information content (AvgIpc) is 3.43. The molecule has 3 aromatic rings. The maximum atomic E-state index is 13.2. The highest BCUT2D eigenvalue weighted by molar-refractivity contribution is 7.22. The molecule has 2 aliphatic rings. The summed E-state index contributed by atoms with van der Waals surface area (Å²) in [5.74, 6) is 1.11. The molecule has 0 spiro atoms. The second-order valence-electron chi connectivity index (χ2n) is 9.94. The summed E-state index contributed by atoms with van der Waals surface area (Å²) in [6.07, 6.45) is 6.26. The smallest absolute Gasteiger partial charge is 0.273 e. The minimum atomic E-state index is -0.414. The fraction of sp³-hybridized carbons (Fsp3) is 0.519. The number of carbonyl (C=O) groups excluding carboxylic acids is 2. The number of aromatic nitrogens is 3. The number of likely N-dealkylation sites (tertiary alicyclic amines) is 1. The second-order valence-corrected chi connectivity index (χ2v) is 10.9. The van der Waals surface area contributed by atoms with Gasteiger partial charge in [0.25, 0.3) is 5.56 Å². The number of fused-ring (bicyclic) bond motifs is 1. The number of nitrogens with one attached hydrogen (secondary N) is 1. The van der Waals surface area contributed by atoms with Gasteiger partial charge in [-0.25, -0.2) is 4.98 Å². The first-order chi connectivity index (χ1) is 19.4. The van der Waals surface area contributed by atoms with Gasteiger partial charge in [0.15, 0.2) is 22.3 Å². The molecule has 2 aliphatic heterocycles. The normalized spacial score (nSPS) is 16.2. The van der Waals surface area contributed by atoms with Crippen molar-refractivity contribution in [3.05, 3.63) is 28.8 Å². The van der Waals surface area contributed by atoms with Crippen LogP contribution in [0.4, 0.5) is 10.8 Å². The van der Waals surface area contributed by atoms with E-state index < -0.39 is 5.91 Å². The number of thiazole rings is 1. The van der Waals surface area contributed by atoms with E-state index in [0.717, 1.165) is 38.8 Å². The van der Waals surface area contributed by atoms with Crippen molar-refractivity contribution in [3.8, 4) is 17.2 Å². The van der Waals surface area contributed by atoms with Crippen LogP contribution in [0.1, 0.15) is 32.1 Å². The van der Waals surface area contributed by atoms with Crippen LogP contribution in [-0.4, -0.2) is 78.8 Å². The molecule has 4 heterocycles. The molecular weight excluding hydrogens is 536 g/mol. The van der Waals surface area contributed by atoms with Crippen molar-refractivity contribution in [1.29, 1.82) is 0 Å². The fourth-order valence-electron chi connectivity index (χ4n) is 5.28. The van der Waals surface area contributed by atoms with Gasteiger partial charge in [-0.15, -0.1) is 0 Å². The zero-order valence-electron chi connectivity index (χ0n) is 23.0. The third-order valence-electron chi connectivity index (χ3n) is 7.42. The lowest BCUT2D eigenvalue weighted by Gasteiger charge is -2.35. The molecule has 214 valence electrons. The molecule has 1 N–H and O–H groups in total. The summed E-state index contributed by atoms with van der Waals surface area (Å²) < 4.78 is 17.6. The van der Waals surface area contributed by atoms with Crippen molar-refractivity contribution >= 4 is 44.3 Å². The van der Waals surface area contributed by atoms with Crippen LogP contribution in [0.5, 0.6) is 17.2 Å². The van der Waals surface area contributed by atoms with Crippen LogP contribution in [-0.2, 0) is 16.1 Å². The Balaban J connectivity index is 1.25. The van der Waals surface area contributed by atoms with E-state index in [2.05, 4.69) is 20.2 Å². The predicted molar refractivity (Wildman–Crippen MR) is 152 cm³/mol. The number of hydrogen-bond donors (Lipinski definition) is 1. The van der Waals surface area contributed by atoms with Gasteiger partial charge < -0.3 is 29.3 Å². The molecule has 13 heteroatoms. The van der Waals surface area contributed by atoms with Crippen molar-refractivity contribution in [3.63, 3.8) is 0 Å². The fourth-order valence-corrected chi connectivity index (χ4v) is 6.30. The molecule has 2 saturated heterocycles. The van der Waals surface area contributed by atoms with Gasteiger partial charge >= 0.3 is 0 Å². The molecule has 0 saturated carbocycles. The lowest BCUT2D eigenvalue weighted by atomic mass is 9.94. The predicted octanol–water partition coefficient (Wildman–Crippen LogP) is 2.75. The number of carbonyl (C=O) groups is 2. The molecule has 0 unspecified atom stereocenters. The summed E-state index contributed by atoms with van der Waals surface area (Å²) in [5, 5.41) is 3.48. The minimum absolute atomic E-state index is 0.0447. The van der Waals surface area contributed by atoms with E-state index in [4.69, 9.17) is 14.2 Å². The molecule has 0 radical (unpaired) electrons. The molecule has 12 nitrogen and oxygen atoms in total. The Kier molecular flexibility index (Phi) is 8.38. The number of anilines is 2. The number of rotatable bonds is 8. The number of amides is 2. The topological polar surface area (TPSA) is 128 Å². The summed E-state index contributed by atoms with van der Waals surface area (Å²) in [7, 11) is 4.48. The number of ether oxygens (including phenoxy) is 3. The van der Waals surface area contributed by atoms with Crippen LogP contribution in [0.25, 0.3) is 10.3 Å². The maximum absolute atomic E-state index is 13.2. The van der Waals surface area contributed by atoms with E-state index in [1.54, 1.807) is 12.1 Å². The Bertz CT molecular complexity index is 1420. The van der Waals surface area contributed by atoms with Crippen molar-refractivity contribution in [2.24, 2.45) is 5.92 Å².